The van der Waals surface area contributed by atoms with Crippen molar-refractivity contribution >= 4 is 81.1 Å². The average molecular weight is 1130 g/mol. The zero-order chi connectivity index (χ0) is 58.0. The largest absolute Gasteiger partial charge is 0.495 e. The first-order valence-corrected chi connectivity index (χ1v) is 25.0. The van der Waals surface area contributed by atoms with Crippen molar-refractivity contribution in [2.45, 2.75) is 27.7 Å². The third kappa shape index (κ3) is 16.2. The van der Waals surface area contributed by atoms with Crippen LogP contribution in [0.4, 0.5) is 11.4 Å². The van der Waals surface area contributed by atoms with Crippen LogP contribution in [0.2, 0.25) is 0 Å². The van der Waals surface area contributed by atoms with Crippen molar-refractivity contribution < 1.29 is 109 Å². The Kier molecular flexibility index (Phi) is 21.0. The summed E-state index contributed by atoms with van der Waals surface area (Å²) in [5, 5.41) is 1.21. The van der Waals surface area contributed by atoms with Crippen LogP contribution >= 0.6 is 0 Å². The van der Waals surface area contributed by atoms with Gasteiger partial charge in [0.1, 0.15) is 34.2 Å². The van der Waals surface area contributed by atoms with E-state index < -0.39 is 74.9 Å². The molecule has 0 amide bonds. The van der Waals surface area contributed by atoms with Gasteiger partial charge in [-0.15, -0.1) is 0 Å². The molecule has 0 aliphatic carbocycles. The number of benzene rings is 4. The van der Waals surface area contributed by atoms with Crippen LogP contribution in [0.15, 0.2) is 81.6 Å². The normalized spacial score (nSPS) is 13.5. The molecule has 430 valence electrons. The number of furan rings is 2. The molecule has 1 aliphatic heterocycles. The van der Waals surface area contributed by atoms with Crippen LogP contribution in [0.25, 0.3) is 44.6 Å². The Hall–Kier alpha value is -9.20. The van der Waals surface area contributed by atoms with E-state index in [-0.39, 0.29) is 71.3 Å². The molecule has 25 heteroatoms. The van der Waals surface area contributed by atoms with Gasteiger partial charge in [0.15, 0.2) is 0 Å². The SMILES string of the molecule is COc1cc2cc(-c3ccc(C(=O)OCOC(C)=O)cc3C(=O)OCOC(C)=O)oc2cc1N1CCOCCOCCN(c2cc3oc(-c4ccc(C(=O)OCOC(C)=O)cc4C(=O)OCOC(C)=O)cc3cc2OC)CCOCC1. The van der Waals surface area contributed by atoms with Crippen molar-refractivity contribution in [1.29, 1.82) is 0 Å². The van der Waals surface area contributed by atoms with Gasteiger partial charge in [-0.1, -0.05) is 0 Å². The first-order chi connectivity index (χ1) is 39.0. The molecular formula is C56H58N2O23. The lowest BCUT2D eigenvalue weighted by atomic mass is 10.0. The van der Waals surface area contributed by atoms with Gasteiger partial charge in [0.05, 0.1) is 87.5 Å². The van der Waals surface area contributed by atoms with Gasteiger partial charge >= 0.3 is 47.8 Å². The monoisotopic (exact) mass is 1130 g/mol. The number of carbonyl (C=O) groups excluding carboxylic acids is 8. The molecule has 25 nitrogen and oxygen atoms in total. The lowest BCUT2D eigenvalue weighted by Crippen LogP contribution is -2.33. The topological polar surface area (TPSA) is 289 Å². The molecule has 1 saturated heterocycles. The van der Waals surface area contributed by atoms with E-state index in [1.54, 1.807) is 36.4 Å². The van der Waals surface area contributed by atoms with Gasteiger partial charge in [-0.25, -0.2) is 19.2 Å². The summed E-state index contributed by atoms with van der Waals surface area (Å²) in [5.41, 5.74) is 2.18. The number of carbonyl (C=O) groups is 8. The second-order valence-corrected chi connectivity index (χ2v) is 17.4. The molecule has 0 spiro atoms. The molecule has 0 N–H and O–H groups in total. The number of nitrogens with zero attached hydrogens (tertiary/aromatic N) is 2. The number of fused-ring (bicyclic) bond motifs is 2. The van der Waals surface area contributed by atoms with E-state index in [1.165, 1.54) is 50.6 Å². The summed E-state index contributed by atoms with van der Waals surface area (Å²) < 4.78 is 82.3. The predicted molar refractivity (Wildman–Crippen MR) is 281 cm³/mol. The number of rotatable bonds is 18. The van der Waals surface area contributed by atoms with Crippen LogP contribution in [0.5, 0.6) is 11.5 Å². The van der Waals surface area contributed by atoms with E-state index in [2.05, 4.69) is 0 Å². The second kappa shape index (κ2) is 28.6. The molecule has 0 saturated carbocycles. The van der Waals surface area contributed by atoms with Gasteiger partial charge in [-0.3, -0.25) is 19.2 Å². The van der Waals surface area contributed by atoms with E-state index in [4.69, 9.17) is 70.4 Å². The van der Waals surface area contributed by atoms with Crippen LogP contribution in [-0.2, 0) is 71.3 Å². The summed E-state index contributed by atoms with van der Waals surface area (Å²) in [7, 11) is 3.06. The Bertz CT molecular complexity index is 3060. The van der Waals surface area contributed by atoms with Crippen LogP contribution in [0.1, 0.15) is 69.1 Å². The van der Waals surface area contributed by atoms with Crippen molar-refractivity contribution in [3.63, 3.8) is 0 Å². The van der Waals surface area contributed by atoms with Gasteiger partial charge in [0, 0.05) is 87.9 Å². The van der Waals surface area contributed by atoms with Gasteiger partial charge in [0.25, 0.3) is 0 Å². The zero-order valence-corrected chi connectivity index (χ0v) is 45.1. The number of methoxy groups -OCH3 is 2. The second-order valence-electron chi connectivity index (χ2n) is 17.4. The van der Waals surface area contributed by atoms with Gasteiger partial charge in [-0.05, 0) is 60.7 Å². The summed E-state index contributed by atoms with van der Waals surface area (Å²) in [5.74, 6) is -4.95. The first kappa shape index (κ1) is 59.5. The Morgan fingerprint density at radius 1 is 0.407 bits per heavy atom. The maximum Gasteiger partial charge on any atom is 0.341 e. The number of anilines is 2. The fraction of sp³-hybridized carbons (Fsp3) is 0.357. The minimum atomic E-state index is -0.943. The van der Waals surface area contributed by atoms with Gasteiger partial charge < -0.3 is 80.2 Å². The molecule has 6 aromatic rings. The number of hydrogen-bond acceptors (Lipinski definition) is 25. The van der Waals surface area contributed by atoms with E-state index in [1.807, 2.05) is 9.80 Å². The summed E-state index contributed by atoms with van der Waals surface area (Å²) >= 11 is 0. The highest BCUT2D eigenvalue weighted by atomic mass is 16.7. The third-order valence-corrected chi connectivity index (χ3v) is 12.0. The predicted octanol–water partition coefficient (Wildman–Crippen LogP) is 6.62. The molecule has 1 fully saturated rings. The fourth-order valence-corrected chi connectivity index (χ4v) is 8.12. The summed E-state index contributed by atoms with van der Waals surface area (Å²) in [6, 6.07) is 18.7. The Balaban J connectivity index is 1.11. The molecule has 81 heavy (non-hydrogen) atoms. The van der Waals surface area contributed by atoms with Crippen molar-refractivity contribution in [3.8, 4) is 34.1 Å². The first-order valence-electron chi connectivity index (χ1n) is 25.0. The molecule has 0 bridgehead atoms. The maximum absolute atomic E-state index is 13.4. The van der Waals surface area contributed by atoms with Crippen molar-refractivity contribution in [2.75, 3.05) is 117 Å². The molecular weight excluding hydrogens is 1070 g/mol. The molecule has 0 unspecified atom stereocenters. The van der Waals surface area contributed by atoms with E-state index in [0.29, 0.717) is 84.2 Å². The lowest BCUT2D eigenvalue weighted by molar-refractivity contribution is -0.150. The van der Waals surface area contributed by atoms with Crippen molar-refractivity contribution in [1.82, 2.24) is 0 Å². The quantitative estimate of drug-likeness (QED) is 0.0496. The van der Waals surface area contributed by atoms with E-state index >= 15 is 0 Å². The lowest BCUT2D eigenvalue weighted by Gasteiger charge is -2.27. The average Bonchev–Trinajstić information content (AvgIpc) is 4.06. The Morgan fingerprint density at radius 2 is 0.741 bits per heavy atom. The van der Waals surface area contributed by atoms with Crippen molar-refractivity contribution in [3.05, 3.63) is 95.1 Å². The van der Waals surface area contributed by atoms with Crippen molar-refractivity contribution in [2.24, 2.45) is 0 Å². The van der Waals surface area contributed by atoms with Crippen LogP contribution < -0.4 is 19.3 Å². The fourth-order valence-electron chi connectivity index (χ4n) is 8.12. The van der Waals surface area contributed by atoms with E-state index in [9.17, 15) is 38.4 Å². The molecule has 0 atom stereocenters. The Labute approximate surface area is 462 Å². The highest BCUT2D eigenvalue weighted by Gasteiger charge is 2.26. The summed E-state index contributed by atoms with van der Waals surface area (Å²) in [6.45, 7) is 5.20. The van der Waals surface area contributed by atoms with Gasteiger partial charge in [-0.2, -0.15) is 0 Å². The van der Waals surface area contributed by atoms with Crippen LogP contribution in [0, 0.1) is 0 Å². The Morgan fingerprint density at radius 3 is 1.07 bits per heavy atom. The summed E-state index contributed by atoms with van der Waals surface area (Å²) in [6.07, 6.45) is 0. The van der Waals surface area contributed by atoms with Crippen LogP contribution in [0.3, 0.4) is 0 Å². The molecule has 1 aliphatic rings. The number of hydrogen-bond donors (Lipinski definition) is 0. The minimum absolute atomic E-state index is 0.0702. The van der Waals surface area contributed by atoms with E-state index in [0.717, 1.165) is 27.7 Å². The molecule has 0 radical (unpaired) electrons. The molecule has 3 heterocycles. The van der Waals surface area contributed by atoms with Crippen LogP contribution in [-0.4, -0.2) is 155 Å². The number of ether oxygens (including phenoxy) is 13. The minimum Gasteiger partial charge on any atom is -0.495 e. The molecule has 2 aromatic heterocycles. The molecule has 7 rings (SSSR count). The highest BCUT2D eigenvalue weighted by Crippen LogP contribution is 2.40. The zero-order valence-electron chi connectivity index (χ0n) is 45.1. The smallest absolute Gasteiger partial charge is 0.341 e. The van der Waals surface area contributed by atoms with Gasteiger partial charge in [0.2, 0.25) is 27.2 Å². The highest BCUT2D eigenvalue weighted by molar-refractivity contribution is 6.03. The third-order valence-electron chi connectivity index (χ3n) is 12.0. The maximum atomic E-state index is 13.4. The molecule has 4 aromatic carbocycles. The standard InChI is InChI=1S/C56H58N2O23/c1-33(59)72-29-76-53(63)37-7-9-41(43(21-37)55(65)78-31-74-35(3)61)49-23-39-25-51(67-5)45(27-47(39)80-49)57-11-15-69-16-12-58(14-18-71-20-19-70-17-13-57)46-28-48-40(26-52(46)68-6)24-50(81-48)42-10-8-38(54(64)77-30-73-34(2)60)22-44(42)56(66)79-32-75-36(4)62/h7-10,21-28H,11-20,29-32H2,1-6H3. The summed E-state index contributed by atoms with van der Waals surface area (Å²) in [4.78, 5) is 102. The number of esters is 8.